The summed E-state index contributed by atoms with van der Waals surface area (Å²) in [7, 11) is -2.56. The molecule has 0 bridgehead atoms. The normalized spacial score (nSPS) is 14.0. The summed E-state index contributed by atoms with van der Waals surface area (Å²) in [4.78, 5) is 0.573. The first-order chi connectivity index (χ1) is 10.6. The van der Waals surface area contributed by atoms with Gasteiger partial charge < -0.3 is 4.74 Å². The summed E-state index contributed by atoms with van der Waals surface area (Å²) < 4.78 is 66.8. The number of nitrogens with zero attached hydrogens (tertiary/aromatic N) is 1. The van der Waals surface area contributed by atoms with Gasteiger partial charge in [0.2, 0.25) is 10.0 Å². The first-order valence-electron chi connectivity index (χ1n) is 6.48. The summed E-state index contributed by atoms with van der Waals surface area (Å²) in [5.74, 6) is -0.573. The second-order valence-electron chi connectivity index (χ2n) is 4.74. The molecule has 0 aliphatic rings. The number of hydrogen-bond donors (Lipinski definition) is 0. The van der Waals surface area contributed by atoms with E-state index in [2.05, 4.69) is 4.74 Å². The lowest BCUT2D eigenvalue weighted by Gasteiger charge is -2.23. The molecule has 126 valence electrons. The SMILES string of the molecule is CC(c1cccs1)N(C)S(=O)(=O)c1cccc(OC(F)(F)F)c1. The van der Waals surface area contributed by atoms with Crippen LogP contribution in [0.15, 0.2) is 46.7 Å². The highest BCUT2D eigenvalue weighted by atomic mass is 32.2. The fraction of sp³-hybridized carbons (Fsp3) is 0.286. The number of rotatable bonds is 5. The van der Waals surface area contributed by atoms with Gasteiger partial charge in [-0.05, 0) is 30.5 Å². The van der Waals surface area contributed by atoms with E-state index in [1.54, 1.807) is 19.1 Å². The zero-order valence-corrected chi connectivity index (χ0v) is 13.9. The van der Waals surface area contributed by atoms with Gasteiger partial charge in [-0.1, -0.05) is 12.1 Å². The van der Waals surface area contributed by atoms with E-state index in [1.165, 1.54) is 30.5 Å². The van der Waals surface area contributed by atoms with Gasteiger partial charge in [0.25, 0.3) is 0 Å². The Labute approximate surface area is 136 Å². The molecule has 1 aromatic carbocycles. The number of hydrogen-bond acceptors (Lipinski definition) is 4. The Morgan fingerprint density at radius 1 is 1.22 bits per heavy atom. The summed E-state index contributed by atoms with van der Waals surface area (Å²) >= 11 is 1.40. The van der Waals surface area contributed by atoms with E-state index in [0.717, 1.165) is 21.3 Å². The molecule has 0 aliphatic carbocycles. The standard InChI is InChI=1S/C14H14F3NO3S2/c1-10(13-7-4-8-22-13)18(2)23(19,20)12-6-3-5-11(9-12)21-14(15,16)17/h3-10H,1-2H3. The molecule has 0 spiro atoms. The third-order valence-electron chi connectivity index (χ3n) is 3.22. The summed E-state index contributed by atoms with van der Waals surface area (Å²) in [6.07, 6.45) is -4.88. The van der Waals surface area contributed by atoms with Gasteiger partial charge in [-0.3, -0.25) is 0 Å². The van der Waals surface area contributed by atoms with Crippen molar-refractivity contribution >= 4 is 21.4 Å². The minimum Gasteiger partial charge on any atom is -0.406 e. The van der Waals surface area contributed by atoms with Crippen LogP contribution in [0.1, 0.15) is 17.8 Å². The van der Waals surface area contributed by atoms with E-state index in [9.17, 15) is 21.6 Å². The molecular formula is C14H14F3NO3S2. The quantitative estimate of drug-likeness (QED) is 0.804. The summed E-state index contributed by atoms with van der Waals surface area (Å²) in [5.41, 5.74) is 0. The number of benzene rings is 1. The van der Waals surface area contributed by atoms with Crippen LogP contribution in [0, 0.1) is 0 Å². The van der Waals surface area contributed by atoms with Crippen LogP contribution in [0.4, 0.5) is 13.2 Å². The van der Waals surface area contributed by atoms with Crippen LogP contribution in [0.5, 0.6) is 5.75 Å². The largest absolute Gasteiger partial charge is 0.573 e. The molecule has 2 rings (SSSR count). The van der Waals surface area contributed by atoms with Gasteiger partial charge in [0.15, 0.2) is 0 Å². The smallest absolute Gasteiger partial charge is 0.406 e. The van der Waals surface area contributed by atoms with Gasteiger partial charge in [0, 0.05) is 18.0 Å². The van der Waals surface area contributed by atoms with Gasteiger partial charge in [-0.15, -0.1) is 24.5 Å². The lowest BCUT2D eigenvalue weighted by molar-refractivity contribution is -0.274. The molecule has 1 unspecified atom stereocenters. The number of halogens is 3. The zero-order chi connectivity index (χ0) is 17.3. The number of alkyl halides is 3. The maximum absolute atomic E-state index is 12.6. The second-order valence-corrected chi connectivity index (χ2v) is 7.71. The van der Waals surface area contributed by atoms with Crippen LogP contribution < -0.4 is 4.74 Å². The van der Waals surface area contributed by atoms with E-state index < -0.39 is 28.2 Å². The summed E-state index contributed by atoms with van der Waals surface area (Å²) in [5, 5.41) is 1.82. The maximum atomic E-state index is 12.6. The molecule has 0 radical (unpaired) electrons. The third kappa shape index (κ3) is 4.24. The van der Waals surface area contributed by atoms with Crippen molar-refractivity contribution in [3.05, 3.63) is 46.7 Å². The van der Waals surface area contributed by atoms with Gasteiger partial charge in [-0.25, -0.2) is 8.42 Å². The topological polar surface area (TPSA) is 46.6 Å². The molecule has 0 N–H and O–H groups in total. The van der Waals surface area contributed by atoms with E-state index >= 15 is 0 Å². The number of thiophene rings is 1. The fourth-order valence-electron chi connectivity index (χ4n) is 1.91. The molecule has 1 aromatic heterocycles. The highest BCUT2D eigenvalue weighted by molar-refractivity contribution is 7.89. The van der Waals surface area contributed by atoms with Crippen molar-refractivity contribution in [2.45, 2.75) is 24.2 Å². The Kier molecular flexibility index (Phi) is 5.02. The highest BCUT2D eigenvalue weighted by Gasteiger charge is 2.32. The predicted octanol–water partition coefficient (Wildman–Crippen LogP) is 4.03. The lowest BCUT2D eigenvalue weighted by Crippen LogP contribution is -2.29. The molecule has 1 heterocycles. The molecule has 4 nitrogen and oxygen atoms in total. The second kappa shape index (κ2) is 6.50. The third-order valence-corrected chi connectivity index (χ3v) is 6.18. The molecule has 0 saturated heterocycles. The fourth-order valence-corrected chi connectivity index (χ4v) is 4.19. The Hall–Kier alpha value is -1.58. The van der Waals surface area contributed by atoms with Gasteiger partial charge in [0.05, 0.1) is 10.9 Å². The number of sulfonamides is 1. The van der Waals surface area contributed by atoms with E-state index in [-0.39, 0.29) is 4.90 Å². The first-order valence-corrected chi connectivity index (χ1v) is 8.80. The Morgan fingerprint density at radius 3 is 2.48 bits per heavy atom. The van der Waals surface area contributed by atoms with Crippen LogP contribution in [-0.2, 0) is 10.0 Å². The molecule has 23 heavy (non-hydrogen) atoms. The molecular weight excluding hydrogens is 351 g/mol. The molecule has 1 atom stereocenters. The Balaban J connectivity index is 2.30. The van der Waals surface area contributed by atoms with Crippen LogP contribution >= 0.6 is 11.3 Å². The highest BCUT2D eigenvalue weighted by Crippen LogP contribution is 2.30. The first kappa shape index (κ1) is 17.8. The van der Waals surface area contributed by atoms with Crippen molar-refractivity contribution in [3.63, 3.8) is 0 Å². The van der Waals surface area contributed by atoms with Crippen LogP contribution in [-0.4, -0.2) is 26.1 Å². The van der Waals surface area contributed by atoms with Crippen molar-refractivity contribution in [3.8, 4) is 5.75 Å². The van der Waals surface area contributed by atoms with Crippen molar-refractivity contribution in [2.24, 2.45) is 0 Å². The molecule has 0 amide bonds. The number of ether oxygens (including phenoxy) is 1. The van der Waals surface area contributed by atoms with Crippen molar-refractivity contribution in [1.82, 2.24) is 4.31 Å². The van der Waals surface area contributed by atoms with Gasteiger partial charge in [-0.2, -0.15) is 4.31 Å². The van der Waals surface area contributed by atoms with Crippen LogP contribution in [0.3, 0.4) is 0 Å². The molecule has 0 fully saturated rings. The van der Waals surface area contributed by atoms with E-state index in [1.807, 2.05) is 5.38 Å². The molecule has 2 aromatic rings. The molecule has 0 saturated carbocycles. The van der Waals surface area contributed by atoms with Gasteiger partial charge in [0.1, 0.15) is 5.75 Å². The minimum absolute atomic E-state index is 0.259. The average Bonchev–Trinajstić information content (AvgIpc) is 2.98. The minimum atomic E-state index is -4.88. The zero-order valence-electron chi connectivity index (χ0n) is 12.2. The Morgan fingerprint density at radius 2 is 1.91 bits per heavy atom. The van der Waals surface area contributed by atoms with Crippen LogP contribution in [0.2, 0.25) is 0 Å². The Bertz CT molecular complexity index is 758. The van der Waals surface area contributed by atoms with Crippen LogP contribution in [0.25, 0.3) is 0 Å². The van der Waals surface area contributed by atoms with E-state index in [4.69, 9.17) is 0 Å². The van der Waals surface area contributed by atoms with Crippen molar-refractivity contribution in [2.75, 3.05) is 7.05 Å². The van der Waals surface area contributed by atoms with Crippen molar-refractivity contribution in [1.29, 1.82) is 0 Å². The monoisotopic (exact) mass is 365 g/mol. The average molecular weight is 365 g/mol. The van der Waals surface area contributed by atoms with Crippen molar-refractivity contribution < 1.29 is 26.3 Å². The summed E-state index contributed by atoms with van der Waals surface area (Å²) in [6, 6.07) is 7.51. The predicted molar refractivity (Wildman–Crippen MR) is 80.8 cm³/mol. The lowest BCUT2D eigenvalue weighted by atomic mass is 10.3. The maximum Gasteiger partial charge on any atom is 0.573 e. The molecule has 0 aliphatic heterocycles. The van der Waals surface area contributed by atoms with Gasteiger partial charge >= 0.3 is 6.36 Å². The summed E-state index contributed by atoms with van der Waals surface area (Å²) in [6.45, 7) is 1.71. The van der Waals surface area contributed by atoms with E-state index in [0.29, 0.717) is 0 Å². The molecule has 9 heteroatoms.